The molecule has 0 aliphatic carbocycles. The van der Waals surface area contributed by atoms with E-state index in [1.54, 1.807) is 4.90 Å². The van der Waals surface area contributed by atoms with Crippen molar-refractivity contribution >= 4 is 6.03 Å². The lowest BCUT2D eigenvalue weighted by Crippen LogP contribution is -2.30. The van der Waals surface area contributed by atoms with E-state index in [4.69, 9.17) is 5.11 Å². The minimum absolute atomic E-state index is 0.00483. The smallest absolute Gasteiger partial charge is 0.318 e. The van der Waals surface area contributed by atoms with Gasteiger partial charge in [-0.1, -0.05) is 0 Å². The molecule has 1 unspecified atom stereocenters. The zero-order chi connectivity index (χ0) is 9.97. The number of β-amino-alcohol motifs (C(OH)–C–C–N with tert-alkyl or cyclic N) is 1. The highest BCUT2D eigenvalue weighted by Gasteiger charge is 2.29. The first-order valence-electron chi connectivity index (χ1n) is 4.61. The summed E-state index contributed by atoms with van der Waals surface area (Å²) in [4.78, 5) is 16.0. The number of aliphatic hydroxyl groups is 1. The van der Waals surface area contributed by atoms with E-state index in [1.807, 2.05) is 18.3 Å². The molecule has 0 saturated carbocycles. The maximum Gasteiger partial charge on any atom is 0.318 e. The topological polar surface area (TPSA) is 68.4 Å². The molecule has 2 rings (SSSR count). The van der Waals surface area contributed by atoms with Gasteiger partial charge in [0.15, 0.2) is 0 Å². The molecule has 2 heterocycles. The van der Waals surface area contributed by atoms with Crippen molar-refractivity contribution < 1.29 is 9.90 Å². The Morgan fingerprint density at radius 1 is 1.64 bits per heavy atom. The van der Waals surface area contributed by atoms with Crippen molar-refractivity contribution in [3.8, 4) is 0 Å². The van der Waals surface area contributed by atoms with Crippen LogP contribution < -0.4 is 5.32 Å². The molecule has 5 heteroatoms. The second-order valence-corrected chi connectivity index (χ2v) is 3.30. The van der Waals surface area contributed by atoms with Gasteiger partial charge < -0.3 is 20.3 Å². The Bertz CT molecular complexity index is 310. The van der Waals surface area contributed by atoms with Crippen LogP contribution >= 0.6 is 0 Å². The first kappa shape index (κ1) is 9.08. The summed E-state index contributed by atoms with van der Waals surface area (Å²) in [6, 6.07) is 3.74. The van der Waals surface area contributed by atoms with E-state index in [0.29, 0.717) is 13.1 Å². The monoisotopic (exact) mass is 195 g/mol. The number of nitrogens with zero attached hydrogens (tertiary/aromatic N) is 1. The van der Waals surface area contributed by atoms with Gasteiger partial charge in [-0.05, 0) is 12.1 Å². The van der Waals surface area contributed by atoms with Gasteiger partial charge in [0.1, 0.15) is 0 Å². The van der Waals surface area contributed by atoms with Crippen molar-refractivity contribution in [3.05, 3.63) is 24.0 Å². The molecule has 0 radical (unpaired) electrons. The molecule has 2 amide bonds. The predicted octanol–water partition coefficient (Wildman–Crippen LogP) is 0.0733. The SMILES string of the molecule is O=C1NC(c2ccc[nH]2)CN1CCO. The van der Waals surface area contributed by atoms with Crippen molar-refractivity contribution in [1.82, 2.24) is 15.2 Å². The van der Waals surface area contributed by atoms with E-state index in [9.17, 15) is 4.79 Å². The van der Waals surface area contributed by atoms with Crippen molar-refractivity contribution in [2.45, 2.75) is 6.04 Å². The summed E-state index contributed by atoms with van der Waals surface area (Å²) >= 11 is 0. The molecule has 1 saturated heterocycles. The Morgan fingerprint density at radius 3 is 3.14 bits per heavy atom. The molecule has 14 heavy (non-hydrogen) atoms. The second-order valence-electron chi connectivity index (χ2n) is 3.30. The molecule has 1 aromatic rings. The highest BCUT2D eigenvalue weighted by Crippen LogP contribution is 2.17. The maximum atomic E-state index is 11.4. The summed E-state index contributed by atoms with van der Waals surface area (Å²) in [5, 5.41) is 11.6. The number of hydrogen-bond acceptors (Lipinski definition) is 2. The fourth-order valence-corrected chi connectivity index (χ4v) is 1.64. The van der Waals surface area contributed by atoms with Crippen LogP contribution in [0.4, 0.5) is 4.79 Å². The van der Waals surface area contributed by atoms with Gasteiger partial charge in [0, 0.05) is 25.0 Å². The molecular weight excluding hydrogens is 182 g/mol. The van der Waals surface area contributed by atoms with Crippen molar-refractivity contribution in [2.75, 3.05) is 19.7 Å². The van der Waals surface area contributed by atoms with Crippen LogP contribution in [0.5, 0.6) is 0 Å². The minimum Gasteiger partial charge on any atom is -0.395 e. The lowest BCUT2D eigenvalue weighted by Gasteiger charge is -2.11. The first-order valence-corrected chi connectivity index (χ1v) is 4.61. The number of aromatic nitrogens is 1. The third kappa shape index (κ3) is 1.58. The fourth-order valence-electron chi connectivity index (χ4n) is 1.64. The van der Waals surface area contributed by atoms with E-state index < -0.39 is 0 Å². The Kier molecular flexibility index (Phi) is 2.41. The van der Waals surface area contributed by atoms with Crippen LogP contribution in [0.3, 0.4) is 0 Å². The Hall–Kier alpha value is -1.49. The molecule has 3 N–H and O–H groups in total. The number of aliphatic hydroxyl groups excluding tert-OH is 1. The zero-order valence-electron chi connectivity index (χ0n) is 7.73. The van der Waals surface area contributed by atoms with Crippen molar-refractivity contribution in [3.63, 3.8) is 0 Å². The van der Waals surface area contributed by atoms with Gasteiger partial charge in [0.05, 0.1) is 12.6 Å². The standard InChI is InChI=1S/C9H13N3O2/c13-5-4-12-6-8(11-9(12)14)7-2-1-3-10-7/h1-3,8,10,13H,4-6H2,(H,11,14). The van der Waals surface area contributed by atoms with Crippen LogP contribution in [0.2, 0.25) is 0 Å². The predicted molar refractivity (Wildman–Crippen MR) is 50.7 cm³/mol. The van der Waals surface area contributed by atoms with Gasteiger partial charge in [0.2, 0.25) is 0 Å². The minimum atomic E-state index is -0.112. The average Bonchev–Trinajstić information content (AvgIpc) is 2.76. The van der Waals surface area contributed by atoms with Gasteiger partial charge in [-0.15, -0.1) is 0 Å². The molecule has 76 valence electrons. The summed E-state index contributed by atoms with van der Waals surface area (Å²) in [7, 11) is 0. The number of rotatable bonds is 3. The van der Waals surface area contributed by atoms with E-state index in [1.165, 1.54) is 0 Å². The van der Waals surface area contributed by atoms with E-state index in [-0.39, 0.29) is 18.7 Å². The lowest BCUT2D eigenvalue weighted by molar-refractivity contribution is 0.196. The Labute approximate surface area is 81.7 Å². The highest BCUT2D eigenvalue weighted by atomic mass is 16.3. The summed E-state index contributed by atoms with van der Waals surface area (Å²) in [6.45, 7) is 1.01. The molecule has 1 aliphatic heterocycles. The number of urea groups is 1. The van der Waals surface area contributed by atoms with Crippen LogP contribution in [0.25, 0.3) is 0 Å². The first-order chi connectivity index (χ1) is 6.81. The summed E-state index contributed by atoms with van der Waals surface area (Å²) in [6.07, 6.45) is 1.83. The molecule has 1 aromatic heterocycles. The fraction of sp³-hybridized carbons (Fsp3) is 0.444. The number of carbonyl (C=O) groups is 1. The third-order valence-electron chi connectivity index (χ3n) is 2.36. The second kappa shape index (κ2) is 3.71. The van der Waals surface area contributed by atoms with Gasteiger partial charge in [-0.2, -0.15) is 0 Å². The molecule has 5 nitrogen and oxygen atoms in total. The van der Waals surface area contributed by atoms with Crippen LogP contribution in [0, 0.1) is 0 Å². The Balaban J connectivity index is 2.03. The van der Waals surface area contributed by atoms with Crippen LogP contribution in [0.15, 0.2) is 18.3 Å². The molecule has 0 spiro atoms. The number of amides is 2. The number of aromatic amines is 1. The molecule has 1 aliphatic rings. The number of nitrogens with one attached hydrogen (secondary N) is 2. The number of carbonyl (C=O) groups excluding carboxylic acids is 1. The van der Waals surface area contributed by atoms with E-state index in [2.05, 4.69) is 10.3 Å². The number of H-pyrrole nitrogens is 1. The van der Waals surface area contributed by atoms with Gasteiger partial charge in [0.25, 0.3) is 0 Å². The molecule has 0 aromatic carbocycles. The van der Waals surface area contributed by atoms with Crippen molar-refractivity contribution in [1.29, 1.82) is 0 Å². The Morgan fingerprint density at radius 2 is 2.50 bits per heavy atom. The van der Waals surface area contributed by atoms with Gasteiger partial charge in [-0.25, -0.2) is 4.79 Å². The summed E-state index contributed by atoms with van der Waals surface area (Å²) in [5.41, 5.74) is 0.999. The zero-order valence-corrected chi connectivity index (χ0v) is 7.73. The normalized spacial score (nSPS) is 21.4. The summed E-state index contributed by atoms with van der Waals surface area (Å²) in [5.74, 6) is 0. The molecule has 0 bridgehead atoms. The maximum absolute atomic E-state index is 11.4. The highest BCUT2D eigenvalue weighted by molar-refractivity contribution is 5.77. The third-order valence-corrected chi connectivity index (χ3v) is 2.36. The molecular formula is C9H13N3O2. The van der Waals surface area contributed by atoms with Gasteiger partial charge in [-0.3, -0.25) is 0 Å². The lowest BCUT2D eigenvalue weighted by atomic mass is 10.2. The summed E-state index contributed by atoms with van der Waals surface area (Å²) < 4.78 is 0. The quantitative estimate of drug-likeness (QED) is 0.639. The van der Waals surface area contributed by atoms with Crippen LogP contribution in [-0.4, -0.2) is 40.7 Å². The van der Waals surface area contributed by atoms with Crippen molar-refractivity contribution in [2.24, 2.45) is 0 Å². The molecule has 1 atom stereocenters. The molecule has 1 fully saturated rings. The van der Waals surface area contributed by atoms with E-state index in [0.717, 1.165) is 5.69 Å². The average molecular weight is 195 g/mol. The van der Waals surface area contributed by atoms with Crippen LogP contribution in [0.1, 0.15) is 11.7 Å². The van der Waals surface area contributed by atoms with Crippen LogP contribution in [-0.2, 0) is 0 Å². The largest absolute Gasteiger partial charge is 0.395 e. The van der Waals surface area contributed by atoms with Gasteiger partial charge >= 0.3 is 6.03 Å². The van der Waals surface area contributed by atoms with E-state index >= 15 is 0 Å². The number of hydrogen-bond donors (Lipinski definition) is 3.